The van der Waals surface area contributed by atoms with Gasteiger partial charge in [-0.1, -0.05) is 36.4 Å². The van der Waals surface area contributed by atoms with Crippen molar-refractivity contribution in [2.75, 3.05) is 6.61 Å². The van der Waals surface area contributed by atoms with Gasteiger partial charge in [-0.05, 0) is 44.0 Å². The van der Waals surface area contributed by atoms with Crippen LogP contribution in [0.2, 0.25) is 0 Å². The van der Waals surface area contributed by atoms with Crippen LogP contribution in [0.5, 0.6) is 5.75 Å². The van der Waals surface area contributed by atoms with Crippen LogP contribution in [0.4, 0.5) is 13.2 Å². The lowest BCUT2D eigenvalue weighted by atomic mass is 9.96. The predicted molar refractivity (Wildman–Crippen MR) is 150 cm³/mol. The van der Waals surface area contributed by atoms with Gasteiger partial charge in [0.1, 0.15) is 24.0 Å². The Morgan fingerprint density at radius 1 is 1.19 bits per heavy atom. The number of Topliss-reactive ketones (excluding diaryl/α,β-unsaturated/α-hetero) is 1. The molecular weight excluding hydrogens is 616 g/mol. The minimum atomic E-state index is -3.98. The number of esters is 1. The zero-order valence-corrected chi connectivity index (χ0v) is 24.9. The van der Waals surface area contributed by atoms with Crippen molar-refractivity contribution in [2.45, 2.75) is 69.8 Å². The fraction of sp³-hybridized carbons (Fsp3) is 0.444. The number of ketones is 1. The summed E-state index contributed by atoms with van der Waals surface area (Å²) in [7, 11) is 0. The van der Waals surface area contributed by atoms with Crippen LogP contribution in [0.3, 0.4) is 0 Å². The third-order valence-electron chi connectivity index (χ3n) is 6.70. The van der Waals surface area contributed by atoms with Crippen molar-refractivity contribution in [3.63, 3.8) is 0 Å². The molecule has 0 saturated carbocycles. The number of allylic oxidation sites excluding steroid dienone is 1. The van der Waals surface area contributed by atoms with Gasteiger partial charge in [-0.3, -0.25) is 19.3 Å². The van der Waals surface area contributed by atoms with E-state index in [0.717, 1.165) is 5.39 Å². The van der Waals surface area contributed by atoms with E-state index in [0.29, 0.717) is 16.5 Å². The van der Waals surface area contributed by atoms with E-state index in [1.54, 1.807) is 56.3 Å². The van der Waals surface area contributed by atoms with Gasteiger partial charge in [0.25, 0.3) is 6.43 Å². The van der Waals surface area contributed by atoms with Gasteiger partial charge in [-0.25, -0.2) is 18.3 Å². The standard InChI is InChI=1S/C27H30F3N2O9PS/c1-14(2)39-25(37)15(3)31-42(43,41-20-10-6-8-16-7-4-5-9-17(16)20)38-13-27(26(29)30)23(36)22(35)24(40-27)32-12-18(28)19(33)11-21(32)34/h4-10,12,14-15,22-24,26,35-36H,11,13H2,1-3H3,(H,31,43)/t15-,22-,23-,24+,27+,42?/m0/s1. The van der Waals surface area contributed by atoms with E-state index < -0.39 is 85.8 Å². The maximum atomic E-state index is 14.7. The molecule has 1 unspecified atom stereocenters. The molecule has 1 fully saturated rings. The highest BCUT2D eigenvalue weighted by atomic mass is 32.5. The Kier molecular flexibility index (Phi) is 9.96. The summed E-state index contributed by atoms with van der Waals surface area (Å²) in [6.45, 7) is -0.534. The van der Waals surface area contributed by atoms with Crippen LogP contribution in [0.15, 0.2) is 54.5 Å². The third-order valence-corrected chi connectivity index (χ3v) is 9.17. The van der Waals surface area contributed by atoms with Crippen molar-refractivity contribution in [1.29, 1.82) is 0 Å². The smallest absolute Gasteiger partial charge is 0.323 e. The molecule has 11 nitrogen and oxygen atoms in total. The first-order valence-corrected chi connectivity index (χ1v) is 15.8. The van der Waals surface area contributed by atoms with Crippen molar-refractivity contribution in [3.05, 3.63) is 54.5 Å². The van der Waals surface area contributed by atoms with Crippen molar-refractivity contribution >= 4 is 46.9 Å². The number of alkyl halides is 2. The molecule has 2 aromatic rings. The summed E-state index contributed by atoms with van der Waals surface area (Å²) in [6, 6.07) is 10.9. The molecule has 2 aliphatic heterocycles. The molecule has 16 heteroatoms. The number of hydrogen-bond acceptors (Lipinski definition) is 10. The number of carbonyl (C=O) groups is 3. The van der Waals surface area contributed by atoms with Crippen LogP contribution in [0.25, 0.3) is 10.8 Å². The molecule has 2 aromatic carbocycles. The summed E-state index contributed by atoms with van der Waals surface area (Å²) in [5.74, 6) is -4.09. The van der Waals surface area contributed by atoms with E-state index in [2.05, 4.69) is 5.09 Å². The van der Waals surface area contributed by atoms with Crippen molar-refractivity contribution in [2.24, 2.45) is 0 Å². The number of aliphatic hydroxyl groups excluding tert-OH is 2. The van der Waals surface area contributed by atoms with E-state index in [9.17, 15) is 37.8 Å². The Labute approximate surface area is 249 Å². The lowest BCUT2D eigenvalue weighted by Crippen LogP contribution is -2.53. The van der Waals surface area contributed by atoms with Gasteiger partial charge in [0.15, 0.2) is 17.7 Å². The third kappa shape index (κ3) is 6.93. The van der Waals surface area contributed by atoms with Crippen LogP contribution >= 0.6 is 6.64 Å². The van der Waals surface area contributed by atoms with E-state index in [4.69, 9.17) is 30.3 Å². The lowest BCUT2D eigenvalue weighted by molar-refractivity contribution is -0.199. The van der Waals surface area contributed by atoms with Gasteiger partial charge in [-0.15, -0.1) is 0 Å². The number of nitrogens with one attached hydrogen (secondary N) is 1. The van der Waals surface area contributed by atoms with E-state index in [-0.39, 0.29) is 5.75 Å². The number of rotatable bonds is 11. The first kappa shape index (κ1) is 33.0. The Morgan fingerprint density at radius 3 is 2.53 bits per heavy atom. The zero-order valence-electron chi connectivity index (χ0n) is 23.2. The largest absolute Gasteiger partial charge is 0.462 e. The van der Waals surface area contributed by atoms with Gasteiger partial charge < -0.3 is 28.7 Å². The Balaban J connectivity index is 1.66. The summed E-state index contributed by atoms with van der Waals surface area (Å²) >= 11 is 5.64. The van der Waals surface area contributed by atoms with E-state index >= 15 is 0 Å². The molecule has 1 saturated heterocycles. The topological polar surface area (TPSA) is 144 Å². The molecule has 2 aliphatic rings. The predicted octanol–water partition coefficient (Wildman–Crippen LogP) is 3.08. The van der Waals surface area contributed by atoms with Gasteiger partial charge in [-0.2, -0.15) is 0 Å². The van der Waals surface area contributed by atoms with Gasteiger partial charge in [0.05, 0.1) is 19.1 Å². The first-order valence-electron chi connectivity index (χ1n) is 13.1. The normalized spacial score (nSPS) is 26.5. The number of halogens is 3. The molecule has 1 amide bonds. The first-order chi connectivity index (χ1) is 20.2. The second-order valence-corrected chi connectivity index (χ2v) is 13.4. The number of aliphatic hydroxyl groups is 2. The average Bonchev–Trinajstić information content (AvgIpc) is 3.20. The Morgan fingerprint density at radius 2 is 1.86 bits per heavy atom. The number of ether oxygens (including phenoxy) is 2. The molecule has 6 atom stereocenters. The highest BCUT2D eigenvalue weighted by Crippen LogP contribution is 2.50. The fourth-order valence-electron chi connectivity index (χ4n) is 4.49. The SMILES string of the molecule is CC(C)OC(=O)[C@H](C)NP(=S)(OC[C@@]1(C(F)F)O[C@@H](N2C=C(F)C(=O)CC2=O)[C@@H](O)[C@@H]1O)Oc1cccc2ccccc12. The molecule has 3 N–H and O–H groups in total. The minimum absolute atomic E-state index is 0.194. The molecule has 2 heterocycles. The second kappa shape index (κ2) is 13.0. The average molecular weight is 647 g/mol. The number of nitrogens with zero attached hydrogens (tertiary/aromatic N) is 1. The summed E-state index contributed by atoms with van der Waals surface area (Å²) in [6.07, 6.45) is -11.1. The van der Waals surface area contributed by atoms with Crippen molar-refractivity contribution in [3.8, 4) is 5.75 Å². The summed E-state index contributed by atoms with van der Waals surface area (Å²) in [4.78, 5) is 36.9. The number of benzene rings is 2. The number of fused-ring (bicyclic) bond motifs is 1. The zero-order chi connectivity index (χ0) is 31.7. The second-order valence-electron chi connectivity index (χ2n) is 10.3. The number of carbonyl (C=O) groups excluding carboxylic acids is 3. The van der Waals surface area contributed by atoms with Crippen molar-refractivity contribution in [1.82, 2.24) is 9.99 Å². The molecule has 0 bridgehead atoms. The summed E-state index contributed by atoms with van der Waals surface area (Å²) < 4.78 is 65.7. The number of hydrogen-bond donors (Lipinski definition) is 3. The summed E-state index contributed by atoms with van der Waals surface area (Å²) in [5, 5.41) is 25.5. The monoisotopic (exact) mass is 646 g/mol. The van der Waals surface area contributed by atoms with E-state index in [1.807, 2.05) is 0 Å². The molecule has 0 aromatic heterocycles. The summed E-state index contributed by atoms with van der Waals surface area (Å²) in [5.41, 5.74) is -2.99. The van der Waals surface area contributed by atoms with Crippen LogP contribution in [0, 0.1) is 0 Å². The van der Waals surface area contributed by atoms with Crippen LogP contribution in [-0.4, -0.2) is 82.0 Å². The lowest BCUT2D eigenvalue weighted by Gasteiger charge is -2.35. The molecule has 0 aliphatic carbocycles. The highest BCUT2D eigenvalue weighted by Gasteiger charge is 2.62. The molecule has 4 rings (SSSR count). The van der Waals surface area contributed by atoms with Crippen LogP contribution in [-0.2, 0) is 40.2 Å². The fourth-order valence-corrected chi connectivity index (χ4v) is 6.92. The Hall–Kier alpha value is -2.91. The highest BCUT2D eigenvalue weighted by molar-refractivity contribution is 8.09. The van der Waals surface area contributed by atoms with Crippen LogP contribution in [0.1, 0.15) is 27.2 Å². The number of amides is 1. The maximum absolute atomic E-state index is 14.7. The molecule has 0 spiro atoms. The molecular formula is C27H30F3N2O9PS. The maximum Gasteiger partial charge on any atom is 0.323 e. The van der Waals surface area contributed by atoms with Crippen LogP contribution < -0.4 is 9.61 Å². The van der Waals surface area contributed by atoms with Gasteiger partial charge in [0, 0.05) is 11.6 Å². The van der Waals surface area contributed by atoms with Crippen molar-refractivity contribution < 1.29 is 56.3 Å². The van der Waals surface area contributed by atoms with Gasteiger partial charge in [0.2, 0.25) is 11.7 Å². The molecule has 43 heavy (non-hydrogen) atoms. The van der Waals surface area contributed by atoms with E-state index in [1.165, 1.54) is 6.92 Å². The van der Waals surface area contributed by atoms with Gasteiger partial charge >= 0.3 is 12.6 Å². The molecule has 0 radical (unpaired) electrons. The minimum Gasteiger partial charge on any atom is -0.462 e. The quantitative estimate of drug-likeness (QED) is 0.188. The molecule has 234 valence electrons. The Bertz CT molecular complexity index is 1470.